The number of aliphatic hydroxyl groups excluding tert-OH is 2. The van der Waals surface area contributed by atoms with E-state index in [4.69, 9.17) is 21.7 Å². The largest absolute Gasteiger partial charge is 0.399 e. The Hall–Kier alpha value is -3.01. The third-order valence-corrected chi connectivity index (χ3v) is 4.93. The molecule has 0 radical (unpaired) electrons. The number of nitrogens with two attached hydrogens (primary N) is 2. The molecule has 1 aromatic heterocycles. The highest BCUT2D eigenvalue weighted by molar-refractivity contribution is 7.80. The first-order valence-corrected chi connectivity index (χ1v) is 11.0. The number of amides is 1. The van der Waals surface area contributed by atoms with Gasteiger partial charge in [0.2, 0.25) is 12.1 Å². The fourth-order valence-electron chi connectivity index (χ4n) is 3.15. The van der Waals surface area contributed by atoms with E-state index >= 15 is 0 Å². The molecular weight excluding hydrogens is 426 g/mol. The average molecular weight is 459 g/mol. The van der Waals surface area contributed by atoms with E-state index in [2.05, 4.69) is 17.9 Å². The number of nitrogens with one attached hydrogen (secondary N) is 1. The summed E-state index contributed by atoms with van der Waals surface area (Å²) in [5.74, 6) is 0.614. The summed E-state index contributed by atoms with van der Waals surface area (Å²) in [6.07, 6.45) is 1.83. The molecule has 0 bridgehead atoms. The highest BCUT2D eigenvalue weighted by Crippen LogP contribution is 2.16. The molecule has 2 aromatic carbocycles. The van der Waals surface area contributed by atoms with Crippen molar-refractivity contribution in [2.45, 2.75) is 6.54 Å². The van der Waals surface area contributed by atoms with Crippen LogP contribution in [-0.4, -0.2) is 54.7 Å². The maximum Gasteiger partial charge on any atom is 0.286 e. The van der Waals surface area contributed by atoms with Gasteiger partial charge in [-0.1, -0.05) is 12.1 Å². The van der Waals surface area contributed by atoms with Crippen molar-refractivity contribution in [1.29, 1.82) is 0 Å². The van der Waals surface area contributed by atoms with Crippen molar-refractivity contribution in [3.63, 3.8) is 0 Å². The Balaban J connectivity index is 0.000000235. The Morgan fingerprint density at radius 3 is 2.28 bits per heavy atom. The highest BCUT2D eigenvalue weighted by Gasteiger charge is 2.14. The molecule has 0 unspecified atom stereocenters. The normalized spacial score (nSPS) is 10.3. The Labute approximate surface area is 193 Å². The minimum atomic E-state index is -0.0241. The molecule has 0 aliphatic rings. The smallest absolute Gasteiger partial charge is 0.286 e. The van der Waals surface area contributed by atoms with Crippen molar-refractivity contribution in [3.05, 3.63) is 60.8 Å². The number of carbonyl (C=O) groups is 1. The molecule has 0 spiro atoms. The van der Waals surface area contributed by atoms with Gasteiger partial charge in [0.15, 0.2) is 6.20 Å². The van der Waals surface area contributed by atoms with Gasteiger partial charge in [0, 0.05) is 48.9 Å². The molecule has 1 heterocycles. The topological polar surface area (TPSA) is 129 Å². The molecule has 9 heteroatoms. The molecule has 0 saturated heterocycles. The van der Waals surface area contributed by atoms with Gasteiger partial charge >= 0.3 is 0 Å². The third kappa shape index (κ3) is 7.60. The SMILES string of the molecule is Nc1cc[n+](CC(=O)NCCS)c2ccccc12.Nc1ccc(N(CCO)CCO)cc1. The second-order valence-corrected chi connectivity index (χ2v) is 7.46. The van der Waals surface area contributed by atoms with Gasteiger partial charge in [-0.15, -0.1) is 0 Å². The number of hydrogen-bond acceptors (Lipinski definition) is 7. The van der Waals surface area contributed by atoms with E-state index in [1.54, 1.807) is 12.1 Å². The summed E-state index contributed by atoms with van der Waals surface area (Å²) in [7, 11) is 0. The van der Waals surface area contributed by atoms with Crippen LogP contribution in [0.1, 0.15) is 0 Å². The monoisotopic (exact) mass is 458 g/mol. The zero-order chi connectivity index (χ0) is 23.3. The molecule has 172 valence electrons. The van der Waals surface area contributed by atoms with Gasteiger partial charge in [-0.05, 0) is 30.3 Å². The Morgan fingerprint density at radius 2 is 1.66 bits per heavy atom. The number of aromatic nitrogens is 1. The predicted molar refractivity (Wildman–Crippen MR) is 133 cm³/mol. The van der Waals surface area contributed by atoms with Crippen LogP contribution < -0.4 is 26.3 Å². The van der Waals surface area contributed by atoms with E-state index in [-0.39, 0.29) is 25.7 Å². The summed E-state index contributed by atoms with van der Waals surface area (Å²) in [6, 6.07) is 16.9. The molecule has 0 atom stereocenters. The number of pyridine rings is 1. The second kappa shape index (κ2) is 13.4. The van der Waals surface area contributed by atoms with E-state index in [1.165, 1.54) is 0 Å². The highest BCUT2D eigenvalue weighted by atomic mass is 32.1. The number of rotatable bonds is 9. The number of para-hydroxylation sites is 1. The van der Waals surface area contributed by atoms with Crippen molar-refractivity contribution in [2.75, 3.05) is 55.0 Å². The lowest BCUT2D eigenvalue weighted by molar-refractivity contribution is -0.658. The summed E-state index contributed by atoms with van der Waals surface area (Å²) in [5.41, 5.74) is 14.8. The maximum atomic E-state index is 11.7. The van der Waals surface area contributed by atoms with Crippen LogP contribution in [0, 0.1) is 0 Å². The van der Waals surface area contributed by atoms with Crippen LogP contribution in [0.3, 0.4) is 0 Å². The number of hydrogen-bond donors (Lipinski definition) is 6. The first-order valence-electron chi connectivity index (χ1n) is 10.4. The molecule has 3 rings (SSSR count). The van der Waals surface area contributed by atoms with Gasteiger partial charge in [0.25, 0.3) is 5.91 Å². The second-order valence-electron chi connectivity index (χ2n) is 7.02. The number of thiol groups is 1. The zero-order valence-corrected chi connectivity index (χ0v) is 18.9. The Morgan fingerprint density at radius 1 is 1.00 bits per heavy atom. The van der Waals surface area contributed by atoms with Crippen LogP contribution in [-0.2, 0) is 11.3 Å². The van der Waals surface area contributed by atoms with E-state index < -0.39 is 0 Å². The van der Waals surface area contributed by atoms with Gasteiger partial charge in [-0.2, -0.15) is 17.2 Å². The molecule has 0 aliphatic heterocycles. The van der Waals surface area contributed by atoms with Crippen LogP contribution >= 0.6 is 12.6 Å². The molecule has 8 nitrogen and oxygen atoms in total. The average Bonchev–Trinajstić information content (AvgIpc) is 2.81. The third-order valence-electron chi connectivity index (χ3n) is 4.70. The number of carbonyl (C=O) groups excluding carboxylic acids is 1. The fourth-order valence-corrected chi connectivity index (χ4v) is 3.26. The lowest BCUT2D eigenvalue weighted by Crippen LogP contribution is -2.43. The van der Waals surface area contributed by atoms with Crippen LogP contribution in [0.15, 0.2) is 60.8 Å². The number of nitrogens with zero attached hydrogens (tertiary/aromatic N) is 2. The van der Waals surface area contributed by atoms with Gasteiger partial charge < -0.3 is 31.9 Å². The van der Waals surface area contributed by atoms with E-state index in [0.29, 0.717) is 31.1 Å². The fraction of sp³-hybridized carbons (Fsp3) is 0.304. The summed E-state index contributed by atoms with van der Waals surface area (Å²) < 4.78 is 1.89. The lowest BCUT2D eigenvalue weighted by atomic mass is 10.2. The number of anilines is 3. The molecule has 1 amide bonds. The van der Waals surface area contributed by atoms with Crippen LogP contribution in [0.4, 0.5) is 17.1 Å². The number of nitrogen functional groups attached to an aromatic ring is 2. The molecule has 0 saturated carbocycles. The summed E-state index contributed by atoms with van der Waals surface area (Å²) >= 11 is 4.06. The summed E-state index contributed by atoms with van der Waals surface area (Å²) in [5, 5.41) is 21.4. The zero-order valence-electron chi connectivity index (χ0n) is 18.0. The van der Waals surface area contributed by atoms with Crippen molar-refractivity contribution in [1.82, 2.24) is 5.32 Å². The minimum absolute atomic E-state index is 0.0241. The van der Waals surface area contributed by atoms with Crippen LogP contribution in [0.2, 0.25) is 0 Å². The lowest BCUT2D eigenvalue weighted by Gasteiger charge is -2.22. The summed E-state index contributed by atoms with van der Waals surface area (Å²) in [4.78, 5) is 13.6. The molecule has 32 heavy (non-hydrogen) atoms. The van der Waals surface area contributed by atoms with E-state index in [9.17, 15) is 4.79 Å². The first-order chi connectivity index (χ1) is 15.5. The van der Waals surface area contributed by atoms with E-state index in [1.807, 2.05) is 58.1 Å². The molecule has 7 N–H and O–H groups in total. The number of benzene rings is 2. The van der Waals surface area contributed by atoms with Crippen molar-refractivity contribution < 1.29 is 19.6 Å². The number of aliphatic hydroxyl groups is 2. The first kappa shape index (κ1) is 25.3. The van der Waals surface area contributed by atoms with Gasteiger partial charge in [0.05, 0.1) is 24.3 Å². The van der Waals surface area contributed by atoms with Crippen LogP contribution in [0.25, 0.3) is 10.9 Å². The molecule has 0 aliphatic carbocycles. The minimum Gasteiger partial charge on any atom is -0.399 e. The number of fused-ring (bicyclic) bond motifs is 1. The molecular formula is C23H32N5O3S+. The molecule has 0 fully saturated rings. The van der Waals surface area contributed by atoms with Gasteiger partial charge in [0.1, 0.15) is 0 Å². The Kier molecular flexibility index (Phi) is 10.6. The quantitative estimate of drug-likeness (QED) is 0.160. The van der Waals surface area contributed by atoms with Crippen molar-refractivity contribution in [2.24, 2.45) is 0 Å². The molecule has 3 aromatic rings. The van der Waals surface area contributed by atoms with Gasteiger partial charge in [-0.25, -0.2) is 0 Å². The predicted octanol–water partition coefficient (Wildman–Crippen LogP) is 0.815. The standard InChI is InChI=1S/C13H15N3OS.C10H16N2O2/c14-11-5-7-16(9-13(17)15-6-8-18)12-4-2-1-3-10(11)12;11-9-1-3-10(4-2-9)12(5-7-13)6-8-14/h1-5,7,14H,6,8-9H2,(H2,15,17,18);1-4,13-14H,5-8,11H2/p+1. The Bertz CT molecular complexity index is 979. The van der Waals surface area contributed by atoms with Crippen LogP contribution in [0.5, 0.6) is 0 Å². The van der Waals surface area contributed by atoms with Crippen molar-refractivity contribution >= 4 is 46.5 Å². The van der Waals surface area contributed by atoms with E-state index in [0.717, 1.165) is 22.3 Å². The van der Waals surface area contributed by atoms with Gasteiger partial charge in [-0.3, -0.25) is 4.79 Å². The summed E-state index contributed by atoms with van der Waals surface area (Å²) in [6.45, 7) is 2.05. The van der Waals surface area contributed by atoms with Crippen molar-refractivity contribution in [3.8, 4) is 0 Å². The maximum absolute atomic E-state index is 11.7.